The van der Waals surface area contributed by atoms with Gasteiger partial charge in [0.15, 0.2) is 6.61 Å². The number of nitrogens with zero attached hydrogens (tertiary/aromatic N) is 1. The van der Waals surface area contributed by atoms with Gasteiger partial charge in [0, 0.05) is 23.1 Å². The standard InChI is InChI=1S/C30H25Cl3N2O3/c31-24-14-10-21(11-15-24)18-34-30(37)29(23-6-2-1-3-7-23)35(19-22-12-16-25(32)17-13-22)28(36)20-38-27-9-5-4-8-26(27)33/h1-17,29H,18-20H2,(H,34,37)/t29-/m0/s1. The lowest BCUT2D eigenvalue weighted by Crippen LogP contribution is -2.45. The van der Waals surface area contributed by atoms with Crippen LogP contribution in [0.1, 0.15) is 22.7 Å². The third kappa shape index (κ3) is 7.51. The largest absolute Gasteiger partial charge is 0.482 e. The number of benzene rings is 4. The number of amides is 2. The summed E-state index contributed by atoms with van der Waals surface area (Å²) in [5, 5.41) is 4.55. The number of para-hydroxylation sites is 1. The maximum absolute atomic E-state index is 13.7. The summed E-state index contributed by atoms with van der Waals surface area (Å²) in [6.45, 7) is 0.138. The van der Waals surface area contributed by atoms with E-state index in [4.69, 9.17) is 39.5 Å². The first-order chi connectivity index (χ1) is 18.4. The highest BCUT2D eigenvalue weighted by Gasteiger charge is 2.32. The molecule has 8 heteroatoms. The van der Waals surface area contributed by atoms with Crippen molar-refractivity contribution in [3.8, 4) is 5.75 Å². The molecule has 0 heterocycles. The number of rotatable bonds is 10. The van der Waals surface area contributed by atoms with Crippen molar-refractivity contribution in [2.75, 3.05) is 6.61 Å². The lowest BCUT2D eigenvalue weighted by atomic mass is 10.0. The van der Waals surface area contributed by atoms with Crippen molar-refractivity contribution in [1.29, 1.82) is 0 Å². The Labute approximate surface area is 236 Å². The average Bonchev–Trinajstić information content (AvgIpc) is 2.93. The van der Waals surface area contributed by atoms with Gasteiger partial charge in [0.1, 0.15) is 11.8 Å². The van der Waals surface area contributed by atoms with E-state index < -0.39 is 6.04 Å². The Hall–Kier alpha value is -3.51. The van der Waals surface area contributed by atoms with Gasteiger partial charge in [0.25, 0.3) is 5.91 Å². The third-order valence-electron chi connectivity index (χ3n) is 5.83. The van der Waals surface area contributed by atoms with Crippen LogP contribution in [0.2, 0.25) is 15.1 Å². The molecule has 1 atom stereocenters. The molecule has 0 spiro atoms. The van der Waals surface area contributed by atoms with Crippen LogP contribution in [0.25, 0.3) is 0 Å². The van der Waals surface area contributed by atoms with Crippen LogP contribution < -0.4 is 10.1 Å². The molecule has 4 rings (SSSR count). The first-order valence-electron chi connectivity index (χ1n) is 11.9. The van der Waals surface area contributed by atoms with E-state index in [-0.39, 0.29) is 31.5 Å². The fraction of sp³-hybridized carbons (Fsp3) is 0.133. The number of nitrogens with one attached hydrogen (secondary N) is 1. The molecule has 2 amide bonds. The molecular weight excluding hydrogens is 543 g/mol. The van der Waals surface area contributed by atoms with Crippen LogP contribution in [-0.2, 0) is 22.7 Å². The maximum atomic E-state index is 13.7. The molecule has 0 aliphatic rings. The number of carbonyl (C=O) groups is 2. The van der Waals surface area contributed by atoms with E-state index in [0.717, 1.165) is 11.1 Å². The second-order valence-electron chi connectivity index (χ2n) is 8.52. The van der Waals surface area contributed by atoms with Crippen LogP contribution in [0.5, 0.6) is 5.75 Å². The zero-order valence-electron chi connectivity index (χ0n) is 20.3. The summed E-state index contributed by atoms with van der Waals surface area (Å²) in [7, 11) is 0. The summed E-state index contributed by atoms with van der Waals surface area (Å²) >= 11 is 18.3. The number of hydrogen-bond acceptors (Lipinski definition) is 3. The predicted octanol–water partition coefficient (Wildman–Crippen LogP) is 7.11. The summed E-state index contributed by atoms with van der Waals surface area (Å²) in [6.07, 6.45) is 0. The second-order valence-corrected chi connectivity index (χ2v) is 9.80. The number of ether oxygens (including phenoxy) is 1. The van der Waals surface area contributed by atoms with Crippen molar-refractivity contribution in [2.24, 2.45) is 0 Å². The van der Waals surface area contributed by atoms with Crippen molar-refractivity contribution in [3.05, 3.63) is 135 Å². The Balaban J connectivity index is 1.63. The molecule has 0 radical (unpaired) electrons. The van der Waals surface area contributed by atoms with Crippen molar-refractivity contribution in [2.45, 2.75) is 19.1 Å². The minimum Gasteiger partial charge on any atom is -0.482 e. The van der Waals surface area contributed by atoms with Gasteiger partial charge in [-0.2, -0.15) is 0 Å². The molecule has 0 aliphatic carbocycles. The molecule has 38 heavy (non-hydrogen) atoms. The maximum Gasteiger partial charge on any atom is 0.261 e. The van der Waals surface area contributed by atoms with E-state index in [1.807, 2.05) is 54.6 Å². The van der Waals surface area contributed by atoms with Gasteiger partial charge < -0.3 is 15.0 Å². The second kappa shape index (κ2) is 13.3. The number of carbonyl (C=O) groups excluding carboxylic acids is 2. The van der Waals surface area contributed by atoms with Crippen molar-refractivity contribution < 1.29 is 14.3 Å². The highest BCUT2D eigenvalue weighted by atomic mass is 35.5. The summed E-state index contributed by atoms with van der Waals surface area (Å²) in [4.78, 5) is 28.9. The van der Waals surface area contributed by atoms with Crippen LogP contribution in [-0.4, -0.2) is 23.3 Å². The van der Waals surface area contributed by atoms with Crippen molar-refractivity contribution in [3.63, 3.8) is 0 Å². The van der Waals surface area contributed by atoms with Gasteiger partial charge in [-0.25, -0.2) is 0 Å². The van der Waals surface area contributed by atoms with Gasteiger partial charge in [-0.1, -0.05) is 102 Å². The topological polar surface area (TPSA) is 58.6 Å². The summed E-state index contributed by atoms with van der Waals surface area (Å²) < 4.78 is 5.75. The van der Waals surface area contributed by atoms with Gasteiger partial charge in [-0.3, -0.25) is 9.59 Å². The first-order valence-corrected chi connectivity index (χ1v) is 13.0. The monoisotopic (exact) mass is 566 g/mol. The molecule has 0 saturated heterocycles. The summed E-state index contributed by atoms with van der Waals surface area (Å²) in [5.41, 5.74) is 2.36. The van der Waals surface area contributed by atoms with Crippen LogP contribution in [0, 0.1) is 0 Å². The van der Waals surface area contributed by atoms with Crippen LogP contribution in [0.15, 0.2) is 103 Å². The highest BCUT2D eigenvalue weighted by molar-refractivity contribution is 6.32. The lowest BCUT2D eigenvalue weighted by molar-refractivity contribution is -0.143. The van der Waals surface area contributed by atoms with Gasteiger partial charge in [0.05, 0.1) is 5.02 Å². The van der Waals surface area contributed by atoms with E-state index in [9.17, 15) is 9.59 Å². The normalized spacial score (nSPS) is 11.4. The Morgan fingerprint density at radius 2 is 1.32 bits per heavy atom. The Morgan fingerprint density at radius 3 is 1.95 bits per heavy atom. The van der Waals surface area contributed by atoms with E-state index in [1.54, 1.807) is 48.5 Å². The van der Waals surface area contributed by atoms with Gasteiger partial charge in [-0.15, -0.1) is 0 Å². The number of halogens is 3. The average molecular weight is 568 g/mol. The van der Waals surface area contributed by atoms with Gasteiger partial charge in [0.2, 0.25) is 5.91 Å². The van der Waals surface area contributed by atoms with Crippen LogP contribution >= 0.6 is 34.8 Å². The molecular formula is C30H25Cl3N2O3. The molecule has 0 unspecified atom stereocenters. The number of hydrogen-bond donors (Lipinski definition) is 1. The zero-order valence-corrected chi connectivity index (χ0v) is 22.6. The fourth-order valence-electron chi connectivity index (χ4n) is 3.89. The molecule has 4 aromatic rings. The third-order valence-corrected chi connectivity index (χ3v) is 6.65. The van der Waals surface area contributed by atoms with Gasteiger partial charge in [-0.05, 0) is 53.1 Å². The van der Waals surface area contributed by atoms with Gasteiger partial charge >= 0.3 is 0 Å². The predicted molar refractivity (Wildman–Crippen MR) is 151 cm³/mol. The fourth-order valence-corrected chi connectivity index (χ4v) is 4.33. The van der Waals surface area contributed by atoms with Crippen molar-refractivity contribution in [1.82, 2.24) is 10.2 Å². The molecule has 0 fully saturated rings. The summed E-state index contributed by atoms with van der Waals surface area (Å²) in [5.74, 6) is -0.320. The zero-order chi connectivity index (χ0) is 26.9. The molecule has 194 valence electrons. The van der Waals surface area contributed by atoms with E-state index in [1.165, 1.54) is 4.90 Å². The Morgan fingerprint density at radius 1 is 0.737 bits per heavy atom. The molecule has 0 saturated carbocycles. The molecule has 0 aromatic heterocycles. The van der Waals surface area contributed by atoms with Crippen LogP contribution in [0.3, 0.4) is 0 Å². The lowest BCUT2D eigenvalue weighted by Gasteiger charge is -2.31. The first kappa shape index (κ1) is 27.5. The van der Waals surface area contributed by atoms with Crippen LogP contribution in [0.4, 0.5) is 0 Å². The van der Waals surface area contributed by atoms with Crippen molar-refractivity contribution >= 4 is 46.6 Å². The molecule has 0 aliphatic heterocycles. The van der Waals surface area contributed by atoms with E-state index >= 15 is 0 Å². The minimum atomic E-state index is -0.915. The van der Waals surface area contributed by atoms with E-state index in [0.29, 0.717) is 26.4 Å². The summed E-state index contributed by atoms with van der Waals surface area (Å²) in [6, 6.07) is 29.5. The molecule has 4 aromatic carbocycles. The highest BCUT2D eigenvalue weighted by Crippen LogP contribution is 2.27. The van der Waals surface area contributed by atoms with E-state index in [2.05, 4.69) is 5.32 Å². The SMILES string of the molecule is O=C(NCc1ccc(Cl)cc1)[C@H](c1ccccc1)N(Cc1ccc(Cl)cc1)C(=O)COc1ccccc1Cl. The Kier molecular flexibility index (Phi) is 9.66. The molecule has 5 nitrogen and oxygen atoms in total. The molecule has 1 N–H and O–H groups in total. The Bertz CT molecular complexity index is 1360. The smallest absolute Gasteiger partial charge is 0.261 e. The minimum absolute atomic E-state index is 0.163. The molecule has 0 bridgehead atoms. The quantitative estimate of drug-likeness (QED) is 0.222.